The Morgan fingerprint density at radius 2 is 1.84 bits per heavy atom. The van der Waals surface area contributed by atoms with Crippen molar-refractivity contribution in [3.8, 4) is 5.69 Å². The smallest absolute Gasteiger partial charge is 0.410 e. The summed E-state index contributed by atoms with van der Waals surface area (Å²) >= 11 is 0. The molecule has 1 N–H and O–H groups in total. The first-order chi connectivity index (χ1) is 15.6. The average Bonchev–Trinajstić information content (AvgIpc) is 3.52. The molecule has 164 valence electrons. The van der Waals surface area contributed by atoms with Gasteiger partial charge in [0.2, 0.25) is 0 Å². The number of aromatic nitrogens is 2. The van der Waals surface area contributed by atoms with Crippen molar-refractivity contribution in [3.63, 3.8) is 0 Å². The number of amides is 1. The van der Waals surface area contributed by atoms with E-state index in [1.165, 1.54) is 28.0 Å². The van der Waals surface area contributed by atoms with Gasteiger partial charge in [0.25, 0.3) is 0 Å². The summed E-state index contributed by atoms with van der Waals surface area (Å²) in [6, 6.07) is 20.9. The molecule has 1 amide bonds. The van der Waals surface area contributed by atoms with E-state index in [9.17, 15) is 4.79 Å². The summed E-state index contributed by atoms with van der Waals surface area (Å²) in [5, 5.41) is 1.22. The number of hydrogen-bond acceptors (Lipinski definition) is 2. The molecule has 1 unspecified atom stereocenters. The fraction of sp³-hybridized carbons (Fsp3) is 0.296. The summed E-state index contributed by atoms with van der Waals surface area (Å²) in [4.78, 5) is 18.1. The van der Waals surface area contributed by atoms with E-state index in [4.69, 9.17) is 4.74 Å². The zero-order valence-electron chi connectivity index (χ0n) is 18.7. The van der Waals surface area contributed by atoms with E-state index >= 15 is 0 Å². The van der Waals surface area contributed by atoms with Gasteiger partial charge in [0.05, 0.1) is 0 Å². The maximum absolute atomic E-state index is 12.8. The van der Waals surface area contributed by atoms with Gasteiger partial charge in [0, 0.05) is 46.8 Å². The van der Waals surface area contributed by atoms with Crippen LogP contribution in [0, 0.1) is 13.8 Å². The van der Waals surface area contributed by atoms with E-state index in [1.54, 1.807) is 0 Å². The maximum Gasteiger partial charge on any atom is 0.410 e. The summed E-state index contributed by atoms with van der Waals surface area (Å²) in [5.74, 6) is 0. The van der Waals surface area contributed by atoms with Crippen molar-refractivity contribution >= 4 is 17.0 Å². The van der Waals surface area contributed by atoms with Crippen LogP contribution < -0.4 is 0 Å². The van der Waals surface area contributed by atoms with Crippen molar-refractivity contribution in [2.45, 2.75) is 45.8 Å². The van der Waals surface area contributed by atoms with Crippen molar-refractivity contribution in [1.82, 2.24) is 14.5 Å². The molecule has 0 saturated carbocycles. The number of aromatic amines is 1. The molecule has 0 radical (unpaired) electrons. The Morgan fingerprint density at radius 1 is 1.06 bits per heavy atom. The molecule has 2 aromatic heterocycles. The first-order valence-electron chi connectivity index (χ1n) is 11.3. The molecule has 5 nitrogen and oxygen atoms in total. The number of hydrogen-bond donors (Lipinski definition) is 1. The summed E-state index contributed by atoms with van der Waals surface area (Å²) in [5.41, 5.74) is 7.00. The molecule has 1 aliphatic heterocycles. The average molecular weight is 428 g/mol. The van der Waals surface area contributed by atoms with Crippen LogP contribution in [0.1, 0.15) is 35.4 Å². The number of rotatable bonds is 5. The predicted molar refractivity (Wildman–Crippen MR) is 127 cm³/mol. The number of fused-ring (bicyclic) bond motifs is 1. The third-order valence-electron chi connectivity index (χ3n) is 6.55. The maximum atomic E-state index is 12.8. The zero-order valence-corrected chi connectivity index (χ0v) is 18.7. The number of benzene rings is 2. The topological polar surface area (TPSA) is 50.3 Å². The highest BCUT2D eigenvalue weighted by Crippen LogP contribution is 2.28. The third-order valence-corrected chi connectivity index (χ3v) is 6.55. The van der Waals surface area contributed by atoms with Crippen LogP contribution in [0.15, 0.2) is 66.9 Å². The van der Waals surface area contributed by atoms with E-state index < -0.39 is 0 Å². The predicted octanol–water partition coefficient (Wildman–Crippen LogP) is 5.92. The molecular formula is C27H29N3O2. The highest BCUT2D eigenvalue weighted by molar-refractivity contribution is 5.85. The number of H-pyrrole nitrogens is 1. The number of carbonyl (C=O) groups excluding carboxylic acids is 1. The Labute approximate surface area is 188 Å². The van der Waals surface area contributed by atoms with Crippen LogP contribution >= 0.6 is 0 Å². The molecule has 1 saturated heterocycles. The van der Waals surface area contributed by atoms with Gasteiger partial charge in [0.1, 0.15) is 6.61 Å². The van der Waals surface area contributed by atoms with E-state index in [0.29, 0.717) is 6.61 Å². The number of ether oxygens (including phenoxy) is 1. The Bertz CT molecular complexity index is 1220. The van der Waals surface area contributed by atoms with Crippen LogP contribution in [0.4, 0.5) is 4.79 Å². The normalized spacial score (nSPS) is 16.1. The standard InChI is InChI=1S/C27H29N3O2/c1-19-10-11-20(2)30(19)24-12-13-26-25(16-24)22(17-28-26)15-23-9-6-14-29(23)27(31)32-18-21-7-4-3-5-8-21/h3-5,7-8,10-13,16-17,23,28H,6,9,14-15,18H2,1-2H3. The zero-order chi connectivity index (χ0) is 22.1. The lowest BCUT2D eigenvalue weighted by Crippen LogP contribution is -2.37. The van der Waals surface area contributed by atoms with Gasteiger partial charge in [-0.15, -0.1) is 0 Å². The minimum absolute atomic E-state index is 0.163. The van der Waals surface area contributed by atoms with Crippen molar-refractivity contribution < 1.29 is 9.53 Å². The van der Waals surface area contributed by atoms with E-state index in [0.717, 1.165) is 36.9 Å². The van der Waals surface area contributed by atoms with Crippen molar-refractivity contribution in [2.24, 2.45) is 0 Å². The first-order valence-corrected chi connectivity index (χ1v) is 11.3. The molecule has 32 heavy (non-hydrogen) atoms. The van der Waals surface area contributed by atoms with Gasteiger partial charge >= 0.3 is 6.09 Å². The summed E-state index contributed by atoms with van der Waals surface area (Å²) < 4.78 is 7.90. The van der Waals surface area contributed by atoms with Gasteiger partial charge in [-0.1, -0.05) is 30.3 Å². The van der Waals surface area contributed by atoms with Gasteiger partial charge < -0.3 is 19.2 Å². The highest BCUT2D eigenvalue weighted by atomic mass is 16.6. The number of likely N-dealkylation sites (tertiary alicyclic amines) is 1. The molecule has 1 atom stereocenters. The van der Waals surface area contributed by atoms with Gasteiger partial charge in [0.15, 0.2) is 0 Å². The van der Waals surface area contributed by atoms with Gasteiger partial charge in [-0.2, -0.15) is 0 Å². The Balaban J connectivity index is 1.34. The molecular weight excluding hydrogens is 398 g/mol. The second-order valence-electron chi connectivity index (χ2n) is 8.73. The van der Waals surface area contributed by atoms with Crippen LogP contribution in [0.2, 0.25) is 0 Å². The van der Waals surface area contributed by atoms with Gasteiger partial charge in [-0.05, 0) is 74.6 Å². The first kappa shape index (κ1) is 20.4. The Kier molecular flexibility index (Phi) is 5.48. The van der Waals surface area contributed by atoms with Crippen LogP contribution in [0.3, 0.4) is 0 Å². The number of carbonyl (C=O) groups is 1. The number of nitrogens with zero attached hydrogens (tertiary/aromatic N) is 2. The molecule has 3 heterocycles. The molecule has 1 aliphatic rings. The molecule has 0 spiro atoms. The number of nitrogens with one attached hydrogen (secondary N) is 1. The Hall–Kier alpha value is -3.47. The summed E-state index contributed by atoms with van der Waals surface area (Å²) in [6.07, 6.45) is 4.72. The van der Waals surface area contributed by atoms with E-state index in [2.05, 4.69) is 59.9 Å². The third kappa shape index (κ3) is 3.91. The molecule has 0 bridgehead atoms. The minimum atomic E-state index is -0.213. The monoisotopic (exact) mass is 427 g/mol. The quantitative estimate of drug-likeness (QED) is 0.430. The molecule has 0 aliphatic carbocycles. The van der Waals surface area contributed by atoms with Crippen molar-refractivity contribution in [3.05, 3.63) is 89.4 Å². The molecule has 1 fully saturated rings. The SMILES string of the molecule is Cc1ccc(C)n1-c1ccc2[nH]cc(CC3CCCN3C(=O)OCc3ccccc3)c2c1. The fourth-order valence-corrected chi connectivity index (χ4v) is 4.89. The van der Waals surface area contributed by atoms with Crippen molar-refractivity contribution in [2.75, 3.05) is 6.54 Å². The highest BCUT2D eigenvalue weighted by Gasteiger charge is 2.30. The lowest BCUT2D eigenvalue weighted by Gasteiger charge is -2.24. The van der Waals surface area contributed by atoms with Crippen LogP contribution in [-0.4, -0.2) is 33.1 Å². The largest absolute Gasteiger partial charge is 0.445 e. The van der Waals surface area contributed by atoms with Gasteiger partial charge in [-0.25, -0.2) is 4.79 Å². The Morgan fingerprint density at radius 3 is 2.62 bits per heavy atom. The molecule has 2 aromatic carbocycles. The summed E-state index contributed by atoms with van der Waals surface area (Å²) in [7, 11) is 0. The number of aryl methyl sites for hydroxylation is 2. The second-order valence-corrected chi connectivity index (χ2v) is 8.73. The molecule has 4 aromatic rings. The van der Waals surface area contributed by atoms with E-state index in [-0.39, 0.29) is 12.1 Å². The second kappa shape index (κ2) is 8.58. The van der Waals surface area contributed by atoms with E-state index in [1.807, 2.05) is 35.2 Å². The summed E-state index contributed by atoms with van der Waals surface area (Å²) in [6.45, 7) is 5.34. The van der Waals surface area contributed by atoms with Crippen LogP contribution in [-0.2, 0) is 17.8 Å². The fourth-order valence-electron chi connectivity index (χ4n) is 4.89. The van der Waals surface area contributed by atoms with Gasteiger partial charge in [-0.3, -0.25) is 0 Å². The van der Waals surface area contributed by atoms with Crippen LogP contribution in [0.5, 0.6) is 0 Å². The lowest BCUT2D eigenvalue weighted by atomic mass is 10.0. The molecule has 5 rings (SSSR count). The lowest BCUT2D eigenvalue weighted by molar-refractivity contribution is 0.0921. The van der Waals surface area contributed by atoms with Crippen molar-refractivity contribution in [1.29, 1.82) is 0 Å². The minimum Gasteiger partial charge on any atom is -0.445 e. The molecule has 5 heteroatoms. The van der Waals surface area contributed by atoms with Crippen LogP contribution in [0.25, 0.3) is 16.6 Å².